The summed E-state index contributed by atoms with van der Waals surface area (Å²) in [5, 5.41) is 0. The molecule has 0 radical (unpaired) electrons. The summed E-state index contributed by atoms with van der Waals surface area (Å²) < 4.78 is 1.96. The van der Waals surface area contributed by atoms with Crippen LogP contribution in [0.1, 0.15) is 53.9 Å². The molecule has 96 valence electrons. The van der Waals surface area contributed by atoms with Gasteiger partial charge in [-0.2, -0.15) is 0 Å². The van der Waals surface area contributed by atoms with Gasteiger partial charge < -0.3 is 0 Å². The van der Waals surface area contributed by atoms with Crippen molar-refractivity contribution < 1.29 is 0 Å². The fourth-order valence-electron chi connectivity index (χ4n) is 1.66. The standard InChI is InChI=1S/C14H28ClN/c1-6-8-10-13(14(3,4)5)12-16(15)11-9-7-2/h6,8,13H,7,9-12H2,1-5H3/b8-6+. The average Bonchev–Trinajstić information content (AvgIpc) is 2.19. The van der Waals surface area contributed by atoms with Crippen LogP contribution in [0.4, 0.5) is 0 Å². The van der Waals surface area contributed by atoms with Gasteiger partial charge in [0.05, 0.1) is 0 Å². The Morgan fingerprint density at radius 1 is 1.31 bits per heavy atom. The molecule has 0 aliphatic heterocycles. The van der Waals surface area contributed by atoms with E-state index in [1.807, 2.05) is 4.42 Å². The van der Waals surface area contributed by atoms with Gasteiger partial charge in [0.25, 0.3) is 0 Å². The van der Waals surface area contributed by atoms with Gasteiger partial charge in [0.2, 0.25) is 0 Å². The lowest BCUT2D eigenvalue weighted by Gasteiger charge is -2.32. The second-order valence-electron chi connectivity index (χ2n) is 5.59. The zero-order valence-corrected chi connectivity index (χ0v) is 12.3. The van der Waals surface area contributed by atoms with Crippen LogP contribution < -0.4 is 0 Å². The zero-order chi connectivity index (χ0) is 12.6. The van der Waals surface area contributed by atoms with Gasteiger partial charge in [0.1, 0.15) is 0 Å². The van der Waals surface area contributed by atoms with E-state index < -0.39 is 0 Å². The minimum Gasteiger partial charge on any atom is -0.220 e. The molecule has 1 unspecified atom stereocenters. The Balaban J connectivity index is 4.20. The molecule has 0 N–H and O–H groups in total. The van der Waals surface area contributed by atoms with Crippen LogP contribution in [0.5, 0.6) is 0 Å². The predicted molar refractivity (Wildman–Crippen MR) is 74.7 cm³/mol. The maximum atomic E-state index is 6.25. The summed E-state index contributed by atoms with van der Waals surface area (Å²) in [6.07, 6.45) is 7.89. The molecule has 0 aliphatic rings. The topological polar surface area (TPSA) is 3.24 Å². The zero-order valence-electron chi connectivity index (χ0n) is 11.6. The Morgan fingerprint density at radius 2 is 1.94 bits per heavy atom. The van der Waals surface area contributed by atoms with Crippen LogP contribution in [-0.2, 0) is 0 Å². The summed E-state index contributed by atoms with van der Waals surface area (Å²) in [7, 11) is 0. The lowest BCUT2D eigenvalue weighted by molar-refractivity contribution is 0.199. The lowest BCUT2D eigenvalue weighted by Crippen LogP contribution is -2.31. The average molecular weight is 246 g/mol. The first-order valence-electron chi connectivity index (χ1n) is 6.43. The quantitative estimate of drug-likeness (QED) is 0.457. The molecule has 0 fully saturated rings. The van der Waals surface area contributed by atoms with Crippen molar-refractivity contribution in [1.82, 2.24) is 4.42 Å². The van der Waals surface area contributed by atoms with Crippen molar-refractivity contribution in [3.63, 3.8) is 0 Å². The number of nitrogens with zero attached hydrogens (tertiary/aromatic N) is 1. The highest BCUT2D eigenvalue weighted by Crippen LogP contribution is 2.30. The maximum Gasteiger partial charge on any atom is 0.0175 e. The Kier molecular flexibility index (Phi) is 8.13. The van der Waals surface area contributed by atoms with Gasteiger partial charge in [-0.1, -0.05) is 46.3 Å². The highest BCUT2D eigenvalue weighted by Gasteiger charge is 2.25. The summed E-state index contributed by atoms with van der Waals surface area (Å²) in [4.78, 5) is 0. The van der Waals surface area contributed by atoms with E-state index in [0.29, 0.717) is 11.3 Å². The molecule has 0 bridgehead atoms. The van der Waals surface area contributed by atoms with Crippen LogP contribution in [0.15, 0.2) is 12.2 Å². The van der Waals surface area contributed by atoms with Crippen LogP contribution in [0.2, 0.25) is 0 Å². The minimum atomic E-state index is 0.318. The second kappa shape index (κ2) is 8.14. The Morgan fingerprint density at radius 3 is 2.38 bits per heavy atom. The molecule has 0 rings (SSSR count). The fourth-order valence-corrected chi connectivity index (χ4v) is 1.95. The number of rotatable bonds is 7. The number of halogens is 1. The molecule has 0 saturated carbocycles. The van der Waals surface area contributed by atoms with Crippen LogP contribution in [-0.4, -0.2) is 17.5 Å². The van der Waals surface area contributed by atoms with E-state index >= 15 is 0 Å². The lowest BCUT2D eigenvalue weighted by atomic mass is 9.78. The fraction of sp³-hybridized carbons (Fsp3) is 0.857. The summed E-state index contributed by atoms with van der Waals surface area (Å²) in [6, 6.07) is 0. The largest absolute Gasteiger partial charge is 0.220 e. The highest BCUT2D eigenvalue weighted by atomic mass is 35.5. The first-order chi connectivity index (χ1) is 7.41. The summed E-state index contributed by atoms with van der Waals surface area (Å²) >= 11 is 6.25. The van der Waals surface area contributed by atoms with E-state index in [1.165, 1.54) is 12.8 Å². The molecule has 0 aromatic rings. The third-order valence-electron chi connectivity index (χ3n) is 3.05. The van der Waals surface area contributed by atoms with Gasteiger partial charge in [-0.15, -0.1) is 0 Å². The minimum absolute atomic E-state index is 0.318. The SMILES string of the molecule is C/C=C/CC(CN(Cl)CCCC)C(C)(C)C. The third kappa shape index (κ3) is 7.29. The molecule has 0 amide bonds. The first-order valence-corrected chi connectivity index (χ1v) is 6.77. The van der Waals surface area contributed by atoms with E-state index in [2.05, 4.69) is 46.8 Å². The van der Waals surface area contributed by atoms with Gasteiger partial charge in [-0.3, -0.25) is 0 Å². The van der Waals surface area contributed by atoms with Gasteiger partial charge in [-0.25, -0.2) is 4.42 Å². The summed E-state index contributed by atoms with van der Waals surface area (Å²) in [5.74, 6) is 0.623. The molecule has 0 aliphatic carbocycles. The predicted octanol–water partition coefficient (Wildman–Crippen LogP) is 4.87. The van der Waals surface area contributed by atoms with Gasteiger partial charge >= 0.3 is 0 Å². The van der Waals surface area contributed by atoms with E-state index in [9.17, 15) is 0 Å². The number of hydrogen-bond donors (Lipinski definition) is 0. The number of allylic oxidation sites excluding steroid dienone is 2. The molecule has 16 heavy (non-hydrogen) atoms. The third-order valence-corrected chi connectivity index (χ3v) is 3.36. The van der Waals surface area contributed by atoms with Crippen molar-refractivity contribution in [3.8, 4) is 0 Å². The van der Waals surface area contributed by atoms with Crippen molar-refractivity contribution >= 4 is 11.8 Å². The van der Waals surface area contributed by atoms with Gasteiger partial charge in [0.15, 0.2) is 0 Å². The maximum absolute atomic E-state index is 6.25. The van der Waals surface area contributed by atoms with Crippen molar-refractivity contribution in [2.45, 2.75) is 53.9 Å². The van der Waals surface area contributed by atoms with Crippen molar-refractivity contribution in [2.24, 2.45) is 11.3 Å². The van der Waals surface area contributed by atoms with Gasteiger partial charge in [-0.05, 0) is 42.9 Å². The van der Waals surface area contributed by atoms with E-state index in [4.69, 9.17) is 11.8 Å². The van der Waals surface area contributed by atoms with Crippen LogP contribution in [0.25, 0.3) is 0 Å². The molecule has 0 heterocycles. The Labute approximate surface area is 107 Å². The van der Waals surface area contributed by atoms with E-state index in [1.54, 1.807) is 0 Å². The Bertz CT molecular complexity index is 193. The normalized spacial score (nSPS) is 14.9. The molecule has 0 aromatic carbocycles. The smallest absolute Gasteiger partial charge is 0.0175 e. The highest BCUT2D eigenvalue weighted by molar-refractivity contribution is 6.13. The molecule has 2 heteroatoms. The van der Waals surface area contributed by atoms with Gasteiger partial charge in [0, 0.05) is 13.1 Å². The van der Waals surface area contributed by atoms with Crippen molar-refractivity contribution in [2.75, 3.05) is 13.1 Å². The molecule has 0 spiro atoms. The van der Waals surface area contributed by atoms with E-state index in [0.717, 1.165) is 19.5 Å². The van der Waals surface area contributed by atoms with Crippen LogP contribution in [0, 0.1) is 11.3 Å². The molecule has 1 atom stereocenters. The molecule has 1 nitrogen and oxygen atoms in total. The van der Waals surface area contributed by atoms with Crippen LogP contribution >= 0.6 is 11.8 Å². The molecule has 0 saturated heterocycles. The Hall–Kier alpha value is -0.0100. The number of unbranched alkanes of at least 4 members (excludes halogenated alkanes) is 1. The van der Waals surface area contributed by atoms with Crippen LogP contribution in [0.3, 0.4) is 0 Å². The summed E-state index contributed by atoms with van der Waals surface area (Å²) in [5.41, 5.74) is 0.318. The van der Waals surface area contributed by atoms with Crippen molar-refractivity contribution in [1.29, 1.82) is 0 Å². The number of hydrogen-bond acceptors (Lipinski definition) is 1. The summed E-state index contributed by atoms with van der Waals surface area (Å²) in [6.45, 7) is 13.2. The molecule has 0 aromatic heterocycles. The van der Waals surface area contributed by atoms with Crippen molar-refractivity contribution in [3.05, 3.63) is 12.2 Å². The first kappa shape index (κ1) is 16.0. The molecular weight excluding hydrogens is 218 g/mol. The monoisotopic (exact) mass is 245 g/mol. The molecular formula is C14H28ClN. The second-order valence-corrected chi connectivity index (χ2v) is 6.07. The van der Waals surface area contributed by atoms with E-state index in [-0.39, 0.29) is 0 Å².